The van der Waals surface area contributed by atoms with Gasteiger partial charge in [-0.3, -0.25) is 4.79 Å². The number of hydrogen-bond donors (Lipinski definition) is 2. The number of hydrogen-bond acceptors (Lipinski definition) is 4. The van der Waals surface area contributed by atoms with Crippen LogP contribution in [0.2, 0.25) is 0 Å². The molecule has 1 aliphatic rings. The summed E-state index contributed by atoms with van der Waals surface area (Å²) in [5.74, 6) is -4.21. The molecule has 3 aromatic rings. The molecule has 0 aliphatic carbocycles. The number of anilines is 1. The predicted molar refractivity (Wildman–Crippen MR) is 99.2 cm³/mol. The zero-order chi connectivity index (χ0) is 20.9. The number of carboxylic acid groups (broad SMARTS) is 1. The molecule has 2 N–H and O–H groups in total. The number of nitrogens with zero attached hydrogens (tertiary/aromatic N) is 2. The van der Waals surface area contributed by atoms with Gasteiger partial charge in [-0.1, -0.05) is 0 Å². The number of aliphatic hydroxyl groups excluding tert-OH is 1. The van der Waals surface area contributed by atoms with Gasteiger partial charge in [0.25, 0.3) is 0 Å². The van der Waals surface area contributed by atoms with Gasteiger partial charge in [0.2, 0.25) is 5.43 Å². The SMILES string of the molecule is O=C(O)c1cn(-c2ccc(F)cc2)c2c(F)c(N3CCC(O)C3)c(F)cc2c1=O. The second-order valence-electron chi connectivity index (χ2n) is 6.83. The van der Waals surface area contributed by atoms with E-state index >= 15 is 4.39 Å². The fourth-order valence-electron chi connectivity index (χ4n) is 3.60. The first-order valence-corrected chi connectivity index (χ1v) is 8.77. The molecule has 150 valence electrons. The summed E-state index contributed by atoms with van der Waals surface area (Å²) in [4.78, 5) is 25.4. The molecular formula is C20H15F3N2O4. The van der Waals surface area contributed by atoms with Crippen molar-refractivity contribution in [2.45, 2.75) is 12.5 Å². The number of β-amino-alcohol motifs (C(OH)–C–C–N with tert-alkyl or cyclic N) is 1. The maximum Gasteiger partial charge on any atom is 0.341 e. The van der Waals surface area contributed by atoms with Crippen molar-refractivity contribution in [2.24, 2.45) is 0 Å². The minimum atomic E-state index is -1.56. The van der Waals surface area contributed by atoms with E-state index < -0.39 is 51.6 Å². The lowest BCUT2D eigenvalue weighted by molar-refractivity contribution is 0.0695. The lowest BCUT2D eigenvalue weighted by atomic mass is 10.1. The molecule has 1 unspecified atom stereocenters. The van der Waals surface area contributed by atoms with Gasteiger partial charge < -0.3 is 19.7 Å². The normalized spacial score (nSPS) is 16.6. The van der Waals surface area contributed by atoms with Crippen molar-refractivity contribution in [2.75, 3.05) is 18.0 Å². The third kappa shape index (κ3) is 3.13. The number of halogens is 3. The van der Waals surface area contributed by atoms with Crippen molar-refractivity contribution in [3.8, 4) is 5.69 Å². The molecule has 1 aromatic heterocycles. The average molecular weight is 404 g/mol. The van der Waals surface area contributed by atoms with Gasteiger partial charge in [0.15, 0.2) is 5.82 Å². The quantitative estimate of drug-likeness (QED) is 0.702. The Morgan fingerprint density at radius 3 is 2.41 bits per heavy atom. The number of pyridine rings is 1. The summed E-state index contributed by atoms with van der Waals surface area (Å²) in [6, 6.07) is 5.56. The summed E-state index contributed by atoms with van der Waals surface area (Å²) in [5, 5.41) is 18.6. The Hall–Kier alpha value is -3.33. The fourth-order valence-corrected chi connectivity index (χ4v) is 3.60. The molecule has 1 atom stereocenters. The molecule has 0 bridgehead atoms. The van der Waals surface area contributed by atoms with Crippen LogP contribution in [0.4, 0.5) is 18.9 Å². The molecule has 0 saturated carbocycles. The second-order valence-corrected chi connectivity index (χ2v) is 6.83. The highest BCUT2D eigenvalue weighted by Gasteiger charge is 2.29. The number of aliphatic hydroxyl groups is 1. The van der Waals surface area contributed by atoms with Crippen molar-refractivity contribution in [3.05, 3.63) is 69.8 Å². The molecule has 1 fully saturated rings. The van der Waals surface area contributed by atoms with Gasteiger partial charge in [-0.05, 0) is 36.8 Å². The first-order valence-electron chi connectivity index (χ1n) is 8.77. The number of carbonyl (C=O) groups is 1. The Kier molecular flexibility index (Phi) is 4.54. The number of carboxylic acids is 1. The fraction of sp³-hybridized carbons (Fsp3) is 0.200. The molecule has 0 spiro atoms. The first-order chi connectivity index (χ1) is 13.8. The van der Waals surface area contributed by atoms with E-state index in [1.807, 2.05) is 0 Å². The minimum Gasteiger partial charge on any atom is -0.477 e. The van der Waals surface area contributed by atoms with E-state index in [-0.39, 0.29) is 24.3 Å². The summed E-state index contributed by atoms with van der Waals surface area (Å²) in [6.07, 6.45) is 0.530. The Morgan fingerprint density at radius 1 is 1.14 bits per heavy atom. The van der Waals surface area contributed by atoms with E-state index in [4.69, 9.17) is 0 Å². The van der Waals surface area contributed by atoms with Crippen LogP contribution in [0.25, 0.3) is 16.6 Å². The predicted octanol–water partition coefficient (Wildman–Crippen LogP) is 2.68. The molecule has 2 aromatic carbocycles. The van der Waals surface area contributed by atoms with Crippen LogP contribution in [0.5, 0.6) is 0 Å². The third-order valence-corrected chi connectivity index (χ3v) is 4.97. The molecule has 2 heterocycles. The van der Waals surface area contributed by atoms with Gasteiger partial charge in [0.1, 0.15) is 22.9 Å². The molecule has 1 saturated heterocycles. The van der Waals surface area contributed by atoms with Crippen LogP contribution < -0.4 is 10.3 Å². The van der Waals surface area contributed by atoms with Gasteiger partial charge in [-0.15, -0.1) is 0 Å². The summed E-state index contributed by atoms with van der Waals surface area (Å²) < 4.78 is 44.7. The number of aromatic carboxylic acids is 1. The Bertz CT molecular complexity index is 1190. The molecule has 0 radical (unpaired) electrons. The van der Waals surface area contributed by atoms with Crippen molar-refractivity contribution in [1.82, 2.24) is 4.57 Å². The number of rotatable bonds is 3. The van der Waals surface area contributed by atoms with E-state index in [0.29, 0.717) is 6.42 Å². The minimum absolute atomic E-state index is 0.0212. The summed E-state index contributed by atoms with van der Waals surface area (Å²) in [6.45, 7) is 0.238. The lowest BCUT2D eigenvalue weighted by Crippen LogP contribution is -2.25. The van der Waals surface area contributed by atoms with Crippen LogP contribution in [0.1, 0.15) is 16.8 Å². The van der Waals surface area contributed by atoms with Crippen molar-refractivity contribution < 1.29 is 28.2 Å². The molecule has 4 rings (SSSR count). The van der Waals surface area contributed by atoms with Gasteiger partial charge in [0, 0.05) is 25.0 Å². The maximum absolute atomic E-state index is 15.5. The monoisotopic (exact) mass is 404 g/mol. The summed E-state index contributed by atoms with van der Waals surface area (Å²) in [5.41, 5.74) is -2.25. The van der Waals surface area contributed by atoms with Gasteiger partial charge in [-0.2, -0.15) is 0 Å². The van der Waals surface area contributed by atoms with E-state index in [0.717, 1.165) is 29.0 Å². The van der Waals surface area contributed by atoms with Crippen LogP contribution in [-0.4, -0.2) is 39.9 Å². The summed E-state index contributed by atoms with van der Waals surface area (Å²) >= 11 is 0. The van der Waals surface area contributed by atoms with E-state index in [1.165, 1.54) is 17.0 Å². The highest BCUT2D eigenvalue weighted by atomic mass is 19.1. The van der Waals surface area contributed by atoms with E-state index in [1.54, 1.807) is 0 Å². The molecule has 1 aliphatic heterocycles. The number of benzene rings is 2. The zero-order valence-electron chi connectivity index (χ0n) is 14.9. The molecule has 29 heavy (non-hydrogen) atoms. The van der Waals surface area contributed by atoms with E-state index in [2.05, 4.69) is 0 Å². The number of fused-ring (bicyclic) bond motifs is 1. The highest BCUT2D eigenvalue weighted by Crippen LogP contribution is 2.33. The van der Waals surface area contributed by atoms with Gasteiger partial charge in [-0.25, -0.2) is 18.0 Å². The molecule has 0 amide bonds. The lowest BCUT2D eigenvalue weighted by Gasteiger charge is -2.22. The largest absolute Gasteiger partial charge is 0.477 e. The van der Waals surface area contributed by atoms with Crippen LogP contribution in [0.3, 0.4) is 0 Å². The van der Waals surface area contributed by atoms with E-state index in [9.17, 15) is 28.6 Å². The standard InChI is InChI=1S/C20H15F3N2O4/c21-10-1-3-11(4-2-10)25-9-14(20(28)29)19(27)13-7-15(22)18(16(23)17(13)25)24-6-5-12(26)8-24/h1-4,7,9,12,26H,5-6,8H2,(H,28,29). The second kappa shape index (κ2) is 6.93. The van der Waals surface area contributed by atoms with Crippen molar-refractivity contribution >= 4 is 22.6 Å². The Balaban J connectivity index is 2.09. The molecular weight excluding hydrogens is 389 g/mol. The smallest absolute Gasteiger partial charge is 0.341 e. The van der Waals surface area contributed by atoms with Gasteiger partial charge >= 0.3 is 5.97 Å². The van der Waals surface area contributed by atoms with Crippen LogP contribution in [-0.2, 0) is 0 Å². The van der Waals surface area contributed by atoms with Crippen LogP contribution in [0, 0.1) is 17.5 Å². The topological polar surface area (TPSA) is 82.8 Å². The Labute approximate surface area is 162 Å². The maximum atomic E-state index is 15.5. The summed E-state index contributed by atoms with van der Waals surface area (Å²) in [7, 11) is 0. The third-order valence-electron chi connectivity index (χ3n) is 4.97. The number of aromatic nitrogens is 1. The molecule has 6 nitrogen and oxygen atoms in total. The average Bonchev–Trinajstić information content (AvgIpc) is 3.09. The Morgan fingerprint density at radius 2 is 1.83 bits per heavy atom. The van der Waals surface area contributed by atoms with Crippen LogP contribution >= 0.6 is 0 Å². The molecule has 9 heteroatoms. The zero-order valence-corrected chi connectivity index (χ0v) is 14.9. The van der Waals surface area contributed by atoms with Crippen LogP contribution in [0.15, 0.2) is 41.3 Å². The first kappa shape index (κ1) is 19.0. The van der Waals surface area contributed by atoms with Gasteiger partial charge in [0.05, 0.1) is 17.0 Å². The highest BCUT2D eigenvalue weighted by molar-refractivity contribution is 5.94. The van der Waals surface area contributed by atoms with Crippen molar-refractivity contribution in [1.29, 1.82) is 0 Å². The van der Waals surface area contributed by atoms with Crippen molar-refractivity contribution in [3.63, 3.8) is 0 Å².